The van der Waals surface area contributed by atoms with Crippen LogP contribution in [0.5, 0.6) is 0 Å². The van der Waals surface area contributed by atoms with E-state index in [4.69, 9.17) is 11.6 Å². The Morgan fingerprint density at radius 2 is 1.85 bits per heavy atom. The quantitative estimate of drug-likeness (QED) is 0.510. The molecule has 0 spiro atoms. The average molecular weight is 385 g/mol. The van der Waals surface area contributed by atoms with Crippen molar-refractivity contribution in [1.29, 1.82) is 0 Å². The molecule has 5 nitrogen and oxygen atoms in total. The van der Waals surface area contributed by atoms with Crippen molar-refractivity contribution in [1.82, 2.24) is 4.90 Å². The first kappa shape index (κ1) is 16.0. The molecule has 0 aromatic carbocycles. The van der Waals surface area contributed by atoms with Crippen LogP contribution < -0.4 is 0 Å². The molecule has 1 saturated heterocycles. The maximum Gasteiger partial charge on any atom is 0.249 e. The Labute approximate surface area is 131 Å². The van der Waals surface area contributed by atoms with Gasteiger partial charge in [0.15, 0.2) is 21.0 Å². The van der Waals surface area contributed by atoms with Gasteiger partial charge in [-0.25, -0.2) is 8.42 Å². The number of Topliss-reactive ketones (excluding diaryl/α,β-unsaturated/α-hetero) is 1. The molecule has 0 N–H and O–H groups in total. The fraction of sp³-hybridized carbons (Fsp3) is 0.667. The van der Waals surface area contributed by atoms with Gasteiger partial charge in [0.25, 0.3) is 0 Å². The molecule has 2 aliphatic rings. The second-order valence-electron chi connectivity index (χ2n) is 6.02. The standard InChI is InChI=1S/C12H15BrClNO4S/c1-5-7(8(16)12(2,3)4)15-10(17)6(14)11(15)20(18,19)9(5)13/h6,9,11H,1-4H3/t6-,9?,11+/m0/s1. The van der Waals surface area contributed by atoms with E-state index in [1.54, 1.807) is 27.7 Å². The molecule has 0 aromatic heterocycles. The van der Waals surface area contributed by atoms with Crippen molar-refractivity contribution in [2.24, 2.45) is 5.41 Å². The molecule has 0 saturated carbocycles. The van der Waals surface area contributed by atoms with Crippen molar-refractivity contribution in [2.45, 2.75) is 42.6 Å². The van der Waals surface area contributed by atoms with Crippen LogP contribution in [0.2, 0.25) is 0 Å². The van der Waals surface area contributed by atoms with E-state index in [1.807, 2.05) is 0 Å². The molecular weight excluding hydrogens is 370 g/mol. The van der Waals surface area contributed by atoms with Crippen molar-refractivity contribution in [3.8, 4) is 0 Å². The van der Waals surface area contributed by atoms with Crippen LogP contribution in [0.3, 0.4) is 0 Å². The van der Waals surface area contributed by atoms with Crippen LogP contribution in [0.25, 0.3) is 0 Å². The van der Waals surface area contributed by atoms with Crippen molar-refractivity contribution in [2.75, 3.05) is 0 Å². The van der Waals surface area contributed by atoms with Crippen molar-refractivity contribution >= 4 is 49.1 Å². The molecule has 2 rings (SSSR count). The Bertz CT molecular complexity index is 634. The van der Waals surface area contributed by atoms with Crippen LogP contribution in [0.15, 0.2) is 11.3 Å². The Morgan fingerprint density at radius 1 is 1.35 bits per heavy atom. The van der Waals surface area contributed by atoms with Crippen molar-refractivity contribution in [3.05, 3.63) is 11.3 Å². The van der Waals surface area contributed by atoms with E-state index in [0.29, 0.717) is 5.57 Å². The fourth-order valence-corrected chi connectivity index (χ4v) is 5.62. The number of halogens is 2. The zero-order valence-electron chi connectivity index (χ0n) is 11.5. The number of allylic oxidation sites excluding steroid dienone is 1. The Morgan fingerprint density at radius 3 is 2.30 bits per heavy atom. The Hall–Kier alpha value is -0.400. The lowest BCUT2D eigenvalue weighted by Gasteiger charge is -2.49. The van der Waals surface area contributed by atoms with Gasteiger partial charge in [-0.15, -0.1) is 11.6 Å². The SMILES string of the molecule is CC1=C(C(=O)C(C)(C)C)N2C(=O)[C@H](Cl)[C@H]2S(=O)(=O)C1Br. The van der Waals surface area contributed by atoms with E-state index in [2.05, 4.69) is 15.9 Å². The Balaban J connectivity index is 2.64. The van der Waals surface area contributed by atoms with Gasteiger partial charge < -0.3 is 0 Å². The predicted octanol–water partition coefficient (Wildman–Crippen LogP) is 1.80. The molecule has 0 aliphatic carbocycles. The molecule has 0 aromatic rings. The second-order valence-corrected chi connectivity index (χ2v) is 10.1. The van der Waals surface area contributed by atoms with E-state index in [-0.39, 0.29) is 11.5 Å². The minimum Gasteiger partial charge on any atom is -0.292 e. The molecule has 20 heavy (non-hydrogen) atoms. The summed E-state index contributed by atoms with van der Waals surface area (Å²) in [5, 5.41) is -2.29. The van der Waals surface area contributed by atoms with Gasteiger partial charge in [0.2, 0.25) is 5.91 Å². The van der Waals surface area contributed by atoms with Gasteiger partial charge in [0, 0.05) is 5.41 Å². The lowest BCUT2D eigenvalue weighted by molar-refractivity contribution is -0.142. The molecule has 0 bridgehead atoms. The molecule has 8 heteroatoms. The smallest absolute Gasteiger partial charge is 0.249 e. The van der Waals surface area contributed by atoms with Crippen molar-refractivity contribution < 1.29 is 18.0 Å². The summed E-state index contributed by atoms with van der Waals surface area (Å²) in [6, 6.07) is 0. The summed E-state index contributed by atoms with van der Waals surface area (Å²) in [5.74, 6) is -0.803. The van der Waals surface area contributed by atoms with E-state index >= 15 is 0 Å². The second kappa shape index (κ2) is 4.55. The maximum absolute atomic E-state index is 12.5. The number of fused-ring (bicyclic) bond motifs is 1. The maximum atomic E-state index is 12.5. The van der Waals surface area contributed by atoms with Crippen molar-refractivity contribution in [3.63, 3.8) is 0 Å². The first-order valence-electron chi connectivity index (χ1n) is 6.02. The minimum absolute atomic E-state index is 0.154. The third kappa shape index (κ3) is 1.97. The Kier molecular flexibility index (Phi) is 3.63. The van der Waals surface area contributed by atoms with Gasteiger partial charge in [0.1, 0.15) is 9.54 Å². The highest BCUT2D eigenvalue weighted by molar-refractivity contribution is 9.11. The summed E-state index contributed by atoms with van der Waals surface area (Å²) < 4.78 is 23.6. The number of carbonyl (C=O) groups excluding carboxylic acids is 2. The minimum atomic E-state index is -3.67. The molecule has 0 radical (unpaired) electrons. The van der Waals surface area contributed by atoms with Gasteiger partial charge in [-0.3, -0.25) is 14.5 Å². The number of ketones is 1. The molecule has 1 unspecified atom stereocenters. The number of hydrogen-bond donors (Lipinski definition) is 0. The number of rotatable bonds is 1. The average Bonchev–Trinajstić information content (AvgIpc) is 2.33. The lowest BCUT2D eigenvalue weighted by Crippen LogP contribution is -2.69. The molecular formula is C12H15BrClNO4S. The first-order valence-corrected chi connectivity index (χ1v) is 8.98. The van der Waals surface area contributed by atoms with Crippen LogP contribution in [-0.4, -0.2) is 39.9 Å². The van der Waals surface area contributed by atoms with Crippen LogP contribution in [0.4, 0.5) is 0 Å². The highest BCUT2D eigenvalue weighted by Gasteiger charge is 2.61. The summed E-state index contributed by atoms with van der Waals surface area (Å²) in [4.78, 5) is 25.5. The number of amides is 1. The zero-order chi connectivity index (χ0) is 15.6. The third-order valence-corrected chi connectivity index (χ3v) is 8.37. The van der Waals surface area contributed by atoms with Gasteiger partial charge >= 0.3 is 0 Å². The molecule has 112 valence electrons. The van der Waals surface area contributed by atoms with Crippen LogP contribution >= 0.6 is 27.5 Å². The summed E-state index contributed by atoms with van der Waals surface area (Å²) in [6.45, 7) is 6.71. The highest BCUT2D eigenvalue weighted by Crippen LogP contribution is 2.45. The van der Waals surface area contributed by atoms with Crippen LogP contribution in [0.1, 0.15) is 27.7 Å². The largest absolute Gasteiger partial charge is 0.292 e. The number of hydrogen-bond acceptors (Lipinski definition) is 4. The van der Waals surface area contributed by atoms with Gasteiger partial charge in [0.05, 0.1) is 5.70 Å². The lowest BCUT2D eigenvalue weighted by atomic mass is 9.86. The molecule has 2 aliphatic heterocycles. The summed E-state index contributed by atoms with van der Waals surface area (Å²) >= 11 is 8.93. The zero-order valence-corrected chi connectivity index (χ0v) is 14.6. The van der Waals surface area contributed by atoms with E-state index in [0.717, 1.165) is 4.90 Å². The molecule has 2 heterocycles. The molecule has 3 atom stereocenters. The summed E-state index contributed by atoms with van der Waals surface area (Å²) in [7, 11) is -3.67. The summed E-state index contributed by atoms with van der Waals surface area (Å²) in [5.41, 5.74) is -0.230. The number of alkyl halides is 2. The number of nitrogens with zero attached hydrogens (tertiary/aromatic N) is 1. The van der Waals surface area contributed by atoms with Crippen LogP contribution in [-0.2, 0) is 19.4 Å². The van der Waals surface area contributed by atoms with E-state index in [9.17, 15) is 18.0 Å². The van der Waals surface area contributed by atoms with Gasteiger partial charge in [-0.1, -0.05) is 36.7 Å². The van der Waals surface area contributed by atoms with E-state index in [1.165, 1.54) is 0 Å². The highest BCUT2D eigenvalue weighted by atomic mass is 79.9. The first-order chi connectivity index (χ1) is 8.92. The monoisotopic (exact) mass is 383 g/mol. The summed E-state index contributed by atoms with van der Waals surface area (Å²) in [6.07, 6.45) is 0. The van der Waals surface area contributed by atoms with Crippen LogP contribution in [0, 0.1) is 5.41 Å². The molecule has 1 fully saturated rings. The van der Waals surface area contributed by atoms with Gasteiger partial charge in [-0.2, -0.15) is 0 Å². The number of β-lactam (4-membered cyclic amide) rings is 1. The predicted molar refractivity (Wildman–Crippen MR) is 79.1 cm³/mol. The topological polar surface area (TPSA) is 71.5 Å². The normalized spacial score (nSPS) is 32.8. The molecule has 1 amide bonds. The number of carbonyl (C=O) groups is 2. The fourth-order valence-electron chi connectivity index (χ4n) is 2.29. The number of sulfone groups is 1. The third-order valence-electron chi connectivity index (χ3n) is 3.45. The van der Waals surface area contributed by atoms with Gasteiger partial charge in [-0.05, 0) is 12.5 Å². The van der Waals surface area contributed by atoms with E-state index < -0.39 is 36.1 Å².